The summed E-state index contributed by atoms with van der Waals surface area (Å²) in [5.41, 5.74) is 2.58. The number of para-hydroxylation sites is 1. The molecule has 0 aliphatic rings. The number of hydrogen-bond donors (Lipinski definition) is 1. The molecule has 1 N–H and O–H groups in total. The second-order valence-corrected chi connectivity index (χ2v) is 6.50. The minimum absolute atomic E-state index is 0.113. The predicted octanol–water partition coefficient (Wildman–Crippen LogP) is 5.46. The molecule has 0 aliphatic heterocycles. The van der Waals surface area contributed by atoms with Crippen molar-refractivity contribution in [3.63, 3.8) is 0 Å². The van der Waals surface area contributed by atoms with Crippen molar-refractivity contribution in [3.05, 3.63) is 88.4 Å². The van der Waals surface area contributed by atoms with Crippen LogP contribution in [0, 0.1) is 0 Å². The molecule has 0 spiro atoms. The SMILES string of the molecule is O=C(COC(=O)c1cc(Cl)ccc1Cl)Nc1ccccc1-c1ccccc1. The average molecular weight is 400 g/mol. The molecule has 27 heavy (non-hydrogen) atoms. The first-order chi connectivity index (χ1) is 13.0. The van der Waals surface area contributed by atoms with E-state index in [0.717, 1.165) is 11.1 Å². The van der Waals surface area contributed by atoms with Gasteiger partial charge in [-0.05, 0) is 29.8 Å². The van der Waals surface area contributed by atoms with E-state index in [1.54, 1.807) is 12.1 Å². The molecule has 0 fully saturated rings. The van der Waals surface area contributed by atoms with Crippen molar-refractivity contribution in [1.82, 2.24) is 0 Å². The molecule has 3 aromatic rings. The number of anilines is 1. The van der Waals surface area contributed by atoms with E-state index in [2.05, 4.69) is 5.32 Å². The zero-order valence-corrected chi connectivity index (χ0v) is 15.6. The Labute approximate surface area is 166 Å². The molecule has 6 heteroatoms. The Morgan fingerprint density at radius 2 is 1.59 bits per heavy atom. The first kappa shape index (κ1) is 19.0. The minimum Gasteiger partial charge on any atom is -0.452 e. The van der Waals surface area contributed by atoms with Crippen LogP contribution in [0.15, 0.2) is 72.8 Å². The van der Waals surface area contributed by atoms with Crippen LogP contribution in [0.3, 0.4) is 0 Å². The van der Waals surface area contributed by atoms with E-state index >= 15 is 0 Å². The van der Waals surface area contributed by atoms with Crippen LogP contribution in [0.4, 0.5) is 5.69 Å². The van der Waals surface area contributed by atoms with Crippen LogP contribution < -0.4 is 5.32 Å². The van der Waals surface area contributed by atoms with E-state index in [1.165, 1.54) is 12.1 Å². The molecular formula is C21H15Cl2NO3. The van der Waals surface area contributed by atoms with Gasteiger partial charge in [0, 0.05) is 16.3 Å². The van der Waals surface area contributed by atoms with Crippen LogP contribution in [0.1, 0.15) is 10.4 Å². The maximum Gasteiger partial charge on any atom is 0.340 e. The highest BCUT2D eigenvalue weighted by Crippen LogP contribution is 2.27. The van der Waals surface area contributed by atoms with E-state index in [4.69, 9.17) is 27.9 Å². The first-order valence-corrected chi connectivity index (χ1v) is 8.86. The number of rotatable bonds is 5. The molecule has 0 saturated carbocycles. The summed E-state index contributed by atoms with van der Waals surface area (Å²) in [5, 5.41) is 3.33. The summed E-state index contributed by atoms with van der Waals surface area (Å²) in [6.45, 7) is -0.440. The summed E-state index contributed by atoms with van der Waals surface area (Å²) in [6, 6.07) is 21.5. The molecule has 1 amide bonds. The lowest BCUT2D eigenvalue weighted by molar-refractivity contribution is -0.119. The van der Waals surface area contributed by atoms with Crippen LogP contribution in [-0.4, -0.2) is 18.5 Å². The minimum atomic E-state index is -0.714. The Morgan fingerprint density at radius 3 is 2.37 bits per heavy atom. The van der Waals surface area contributed by atoms with Gasteiger partial charge in [0.25, 0.3) is 5.91 Å². The second-order valence-electron chi connectivity index (χ2n) is 5.66. The molecule has 0 unspecified atom stereocenters. The molecule has 0 aliphatic carbocycles. The highest BCUT2D eigenvalue weighted by Gasteiger charge is 2.15. The quantitative estimate of drug-likeness (QED) is 0.579. The maximum absolute atomic E-state index is 12.2. The monoisotopic (exact) mass is 399 g/mol. The zero-order valence-electron chi connectivity index (χ0n) is 14.1. The van der Waals surface area contributed by atoms with E-state index in [-0.39, 0.29) is 10.6 Å². The molecule has 3 rings (SSSR count). The van der Waals surface area contributed by atoms with Crippen LogP contribution in [0.5, 0.6) is 0 Å². The number of halogens is 2. The summed E-state index contributed by atoms with van der Waals surface area (Å²) >= 11 is 11.8. The lowest BCUT2D eigenvalue weighted by Crippen LogP contribution is -2.21. The fourth-order valence-electron chi connectivity index (χ4n) is 2.51. The number of esters is 1. The van der Waals surface area contributed by atoms with Gasteiger partial charge in [0.05, 0.1) is 10.6 Å². The zero-order chi connectivity index (χ0) is 19.2. The predicted molar refractivity (Wildman–Crippen MR) is 107 cm³/mol. The van der Waals surface area contributed by atoms with E-state index < -0.39 is 18.5 Å². The van der Waals surface area contributed by atoms with Gasteiger partial charge in [-0.25, -0.2) is 4.79 Å². The molecular weight excluding hydrogens is 385 g/mol. The lowest BCUT2D eigenvalue weighted by Gasteiger charge is -2.12. The van der Waals surface area contributed by atoms with E-state index in [9.17, 15) is 9.59 Å². The average Bonchev–Trinajstić information content (AvgIpc) is 2.69. The fourth-order valence-corrected chi connectivity index (χ4v) is 2.88. The normalized spacial score (nSPS) is 10.3. The second kappa shape index (κ2) is 8.71. The fraction of sp³-hybridized carbons (Fsp3) is 0.0476. The van der Waals surface area contributed by atoms with Crippen molar-refractivity contribution in [2.24, 2.45) is 0 Å². The largest absolute Gasteiger partial charge is 0.452 e. The molecule has 136 valence electrons. The standard InChI is InChI=1S/C21H15Cl2NO3/c22-15-10-11-18(23)17(12-15)21(26)27-13-20(25)24-19-9-5-4-8-16(19)14-6-2-1-3-7-14/h1-12H,13H2,(H,24,25). The number of amides is 1. The maximum atomic E-state index is 12.2. The Kier molecular flexibility index (Phi) is 6.12. The van der Waals surface area contributed by atoms with Gasteiger partial charge < -0.3 is 10.1 Å². The van der Waals surface area contributed by atoms with Gasteiger partial charge in [-0.1, -0.05) is 71.7 Å². The number of hydrogen-bond acceptors (Lipinski definition) is 3. The molecule has 4 nitrogen and oxygen atoms in total. The van der Waals surface area contributed by atoms with Crippen molar-refractivity contribution in [1.29, 1.82) is 0 Å². The van der Waals surface area contributed by atoms with Gasteiger partial charge in [0.1, 0.15) is 0 Å². The summed E-state index contributed by atoms with van der Waals surface area (Å²) < 4.78 is 5.05. The van der Waals surface area contributed by atoms with E-state index in [1.807, 2.05) is 48.5 Å². The molecule has 0 radical (unpaired) electrons. The molecule has 0 bridgehead atoms. The molecule has 0 atom stereocenters. The molecule has 0 saturated heterocycles. The highest BCUT2D eigenvalue weighted by molar-refractivity contribution is 6.35. The van der Waals surface area contributed by atoms with Crippen LogP contribution in [-0.2, 0) is 9.53 Å². The Balaban J connectivity index is 1.67. The van der Waals surface area contributed by atoms with Crippen LogP contribution in [0.2, 0.25) is 10.0 Å². The number of carbonyl (C=O) groups excluding carboxylic acids is 2. The Morgan fingerprint density at radius 1 is 0.889 bits per heavy atom. The summed E-state index contributed by atoms with van der Waals surface area (Å²) in [5.74, 6) is -1.17. The number of nitrogens with one attached hydrogen (secondary N) is 1. The van der Waals surface area contributed by atoms with Gasteiger partial charge >= 0.3 is 5.97 Å². The molecule has 0 heterocycles. The van der Waals surface area contributed by atoms with Gasteiger partial charge in [-0.2, -0.15) is 0 Å². The van der Waals surface area contributed by atoms with Crippen molar-refractivity contribution in [3.8, 4) is 11.1 Å². The Bertz CT molecular complexity index is 974. The highest BCUT2D eigenvalue weighted by atomic mass is 35.5. The van der Waals surface area contributed by atoms with Gasteiger partial charge in [0.2, 0.25) is 0 Å². The van der Waals surface area contributed by atoms with Crippen molar-refractivity contribution in [2.45, 2.75) is 0 Å². The number of benzene rings is 3. The van der Waals surface area contributed by atoms with Crippen LogP contribution >= 0.6 is 23.2 Å². The van der Waals surface area contributed by atoms with Crippen LogP contribution in [0.25, 0.3) is 11.1 Å². The van der Waals surface area contributed by atoms with Gasteiger partial charge in [-0.3, -0.25) is 4.79 Å². The first-order valence-electron chi connectivity index (χ1n) is 8.11. The van der Waals surface area contributed by atoms with Crippen molar-refractivity contribution >= 4 is 40.8 Å². The molecule has 0 aromatic heterocycles. The van der Waals surface area contributed by atoms with Gasteiger partial charge in [0.15, 0.2) is 6.61 Å². The Hall–Kier alpha value is -2.82. The van der Waals surface area contributed by atoms with E-state index in [0.29, 0.717) is 10.7 Å². The summed E-state index contributed by atoms with van der Waals surface area (Å²) in [7, 11) is 0. The van der Waals surface area contributed by atoms with Crippen molar-refractivity contribution < 1.29 is 14.3 Å². The number of carbonyl (C=O) groups is 2. The third-order valence-electron chi connectivity index (χ3n) is 3.77. The lowest BCUT2D eigenvalue weighted by atomic mass is 10.0. The van der Waals surface area contributed by atoms with Crippen molar-refractivity contribution in [2.75, 3.05) is 11.9 Å². The smallest absolute Gasteiger partial charge is 0.340 e. The summed E-state index contributed by atoms with van der Waals surface area (Å²) in [6.07, 6.45) is 0. The third kappa shape index (κ3) is 4.88. The number of ether oxygens (including phenoxy) is 1. The van der Waals surface area contributed by atoms with Gasteiger partial charge in [-0.15, -0.1) is 0 Å². The third-order valence-corrected chi connectivity index (χ3v) is 4.33. The summed E-state index contributed by atoms with van der Waals surface area (Å²) in [4.78, 5) is 24.4. The molecule has 3 aromatic carbocycles. The topological polar surface area (TPSA) is 55.4 Å².